The number of nitro groups is 1. The van der Waals surface area contributed by atoms with Gasteiger partial charge in [-0.2, -0.15) is 12.6 Å². The van der Waals surface area contributed by atoms with Crippen molar-refractivity contribution >= 4 is 18.3 Å². The lowest BCUT2D eigenvalue weighted by Crippen LogP contribution is -2.00. The largest absolute Gasteiger partial charge is 0.493 e. The van der Waals surface area contributed by atoms with Gasteiger partial charge in [-0.15, -0.1) is 0 Å². The van der Waals surface area contributed by atoms with E-state index in [0.29, 0.717) is 12.4 Å². The predicted molar refractivity (Wildman–Crippen MR) is 71.0 cm³/mol. The third-order valence-electron chi connectivity index (χ3n) is 2.44. The third-order valence-corrected chi connectivity index (χ3v) is 2.76. The molecule has 17 heavy (non-hydrogen) atoms. The highest BCUT2D eigenvalue weighted by molar-refractivity contribution is 7.80. The lowest BCUT2D eigenvalue weighted by molar-refractivity contribution is -0.384. The number of thiol groups is 1. The number of non-ortho nitro benzene ring substituents is 1. The Bertz CT molecular complexity index is 382. The predicted octanol–water partition coefficient (Wildman–Crippen LogP) is 3.38. The van der Waals surface area contributed by atoms with Crippen LogP contribution in [0.4, 0.5) is 5.69 Å². The summed E-state index contributed by atoms with van der Waals surface area (Å²) in [6.07, 6.45) is 3.08. The highest BCUT2D eigenvalue weighted by Crippen LogP contribution is 2.24. The molecule has 1 aromatic rings. The molecule has 0 saturated carbocycles. The van der Waals surface area contributed by atoms with Crippen LogP contribution in [0.2, 0.25) is 0 Å². The molecule has 0 aliphatic carbocycles. The summed E-state index contributed by atoms with van der Waals surface area (Å²) in [4.78, 5) is 10.2. The molecule has 4 nitrogen and oxygen atoms in total. The number of ether oxygens (including phenoxy) is 1. The van der Waals surface area contributed by atoms with Gasteiger partial charge >= 0.3 is 0 Å². The molecule has 0 aliphatic rings. The lowest BCUT2D eigenvalue weighted by Gasteiger charge is -2.08. The van der Waals surface area contributed by atoms with Gasteiger partial charge in [0.15, 0.2) is 0 Å². The Kier molecular flexibility index (Phi) is 5.83. The van der Waals surface area contributed by atoms with Crippen molar-refractivity contribution in [1.29, 1.82) is 0 Å². The first-order chi connectivity index (χ1) is 8.15. The molecule has 0 radical (unpaired) electrons. The molecular formula is C12H17NO3S. The minimum absolute atomic E-state index is 0.0703. The first-order valence-corrected chi connectivity index (χ1v) is 6.27. The second kappa shape index (κ2) is 7.17. The summed E-state index contributed by atoms with van der Waals surface area (Å²) < 4.78 is 5.54. The fourth-order valence-electron chi connectivity index (χ4n) is 1.43. The van der Waals surface area contributed by atoms with Crippen LogP contribution in [0.15, 0.2) is 18.2 Å². The van der Waals surface area contributed by atoms with Gasteiger partial charge in [-0.25, -0.2) is 0 Å². The first kappa shape index (κ1) is 13.8. The summed E-state index contributed by atoms with van der Waals surface area (Å²) in [6, 6.07) is 4.68. The van der Waals surface area contributed by atoms with Crippen LogP contribution in [-0.2, 0) is 0 Å². The fraction of sp³-hybridized carbons (Fsp3) is 0.500. The zero-order chi connectivity index (χ0) is 12.7. The zero-order valence-corrected chi connectivity index (χ0v) is 10.8. The molecule has 1 aromatic carbocycles. The average Bonchev–Trinajstić information content (AvgIpc) is 2.30. The Morgan fingerprint density at radius 2 is 2.12 bits per heavy atom. The summed E-state index contributed by atoms with van der Waals surface area (Å²) in [5.74, 6) is 1.49. The number of benzene rings is 1. The molecule has 0 atom stereocenters. The van der Waals surface area contributed by atoms with E-state index in [2.05, 4.69) is 12.6 Å². The van der Waals surface area contributed by atoms with Crippen LogP contribution < -0.4 is 4.74 Å². The number of rotatable bonds is 7. The van der Waals surface area contributed by atoms with Crippen LogP contribution in [0.1, 0.15) is 24.8 Å². The molecule has 94 valence electrons. The minimum Gasteiger partial charge on any atom is -0.493 e. The Morgan fingerprint density at radius 1 is 1.35 bits per heavy atom. The lowest BCUT2D eigenvalue weighted by atomic mass is 10.2. The molecule has 0 saturated heterocycles. The standard InChI is InChI=1S/C12H17NO3S/c1-10-5-6-11(13(14)15)9-12(10)16-7-3-2-4-8-17/h5-6,9,17H,2-4,7-8H2,1H3. The van der Waals surface area contributed by atoms with Gasteiger partial charge in [-0.1, -0.05) is 0 Å². The van der Waals surface area contributed by atoms with Gasteiger partial charge in [0, 0.05) is 6.07 Å². The van der Waals surface area contributed by atoms with Crippen LogP contribution >= 0.6 is 12.6 Å². The van der Waals surface area contributed by atoms with Gasteiger partial charge in [0.1, 0.15) is 5.75 Å². The molecule has 0 bridgehead atoms. The molecule has 0 aliphatic heterocycles. The second-order valence-electron chi connectivity index (χ2n) is 3.84. The number of hydrogen-bond donors (Lipinski definition) is 1. The van der Waals surface area contributed by atoms with E-state index in [0.717, 1.165) is 30.6 Å². The summed E-state index contributed by atoms with van der Waals surface area (Å²) in [7, 11) is 0. The summed E-state index contributed by atoms with van der Waals surface area (Å²) in [5, 5.41) is 10.6. The quantitative estimate of drug-likeness (QED) is 0.352. The van der Waals surface area contributed by atoms with Crippen LogP contribution in [-0.4, -0.2) is 17.3 Å². The Hall–Kier alpha value is -1.23. The molecule has 0 aromatic heterocycles. The van der Waals surface area contributed by atoms with Gasteiger partial charge in [-0.3, -0.25) is 10.1 Å². The van der Waals surface area contributed by atoms with E-state index < -0.39 is 4.92 Å². The number of unbranched alkanes of at least 4 members (excludes halogenated alkanes) is 2. The SMILES string of the molecule is Cc1ccc([N+](=O)[O-])cc1OCCCCCS. The summed E-state index contributed by atoms with van der Waals surface area (Å²) >= 11 is 4.13. The van der Waals surface area contributed by atoms with Gasteiger partial charge in [0.2, 0.25) is 0 Å². The highest BCUT2D eigenvalue weighted by Gasteiger charge is 2.09. The zero-order valence-electron chi connectivity index (χ0n) is 9.89. The van der Waals surface area contributed by atoms with Gasteiger partial charge < -0.3 is 4.74 Å². The van der Waals surface area contributed by atoms with E-state index in [-0.39, 0.29) is 5.69 Å². The van der Waals surface area contributed by atoms with Crippen molar-refractivity contribution in [3.05, 3.63) is 33.9 Å². The van der Waals surface area contributed by atoms with E-state index in [1.54, 1.807) is 6.07 Å². The Morgan fingerprint density at radius 3 is 2.76 bits per heavy atom. The van der Waals surface area contributed by atoms with Crippen molar-refractivity contribution in [2.45, 2.75) is 26.2 Å². The van der Waals surface area contributed by atoms with Crippen molar-refractivity contribution in [3.63, 3.8) is 0 Å². The van der Waals surface area contributed by atoms with Crippen molar-refractivity contribution in [2.75, 3.05) is 12.4 Å². The van der Waals surface area contributed by atoms with Crippen molar-refractivity contribution in [2.24, 2.45) is 0 Å². The number of nitro benzene ring substituents is 1. The molecule has 0 heterocycles. The molecule has 1 rings (SSSR count). The molecule has 0 fully saturated rings. The van der Waals surface area contributed by atoms with E-state index in [1.165, 1.54) is 12.1 Å². The normalized spacial score (nSPS) is 10.2. The number of hydrogen-bond acceptors (Lipinski definition) is 4. The van der Waals surface area contributed by atoms with Crippen molar-refractivity contribution in [3.8, 4) is 5.75 Å². The second-order valence-corrected chi connectivity index (χ2v) is 4.29. The van der Waals surface area contributed by atoms with E-state index in [4.69, 9.17) is 4.74 Å². The van der Waals surface area contributed by atoms with Gasteiger partial charge in [0.05, 0.1) is 17.6 Å². The first-order valence-electron chi connectivity index (χ1n) is 5.64. The summed E-state index contributed by atoms with van der Waals surface area (Å²) in [5.41, 5.74) is 0.991. The minimum atomic E-state index is -0.410. The third kappa shape index (κ3) is 4.65. The van der Waals surface area contributed by atoms with E-state index >= 15 is 0 Å². The highest BCUT2D eigenvalue weighted by atomic mass is 32.1. The van der Waals surface area contributed by atoms with Gasteiger partial charge in [-0.05, 0) is 43.6 Å². The smallest absolute Gasteiger partial charge is 0.273 e. The average molecular weight is 255 g/mol. The molecule has 0 spiro atoms. The van der Waals surface area contributed by atoms with E-state index in [1.807, 2.05) is 6.92 Å². The molecule has 5 heteroatoms. The van der Waals surface area contributed by atoms with Crippen LogP contribution in [0.25, 0.3) is 0 Å². The number of aryl methyl sites for hydroxylation is 1. The fourth-order valence-corrected chi connectivity index (χ4v) is 1.65. The Balaban J connectivity index is 2.51. The maximum atomic E-state index is 10.6. The molecule has 0 unspecified atom stereocenters. The molecule has 0 amide bonds. The topological polar surface area (TPSA) is 52.4 Å². The van der Waals surface area contributed by atoms with Crippen LogP contribution in [0, 0.1) is 17.0 Å². The number of nitrogens with zero attached hydrogens (tertiary/aromatic N) is 1. The Labute approximate surface area is 107 Å². The molecular weight excluding hydrogens is 238 g/mol. The van der Waals surface area contributed by atoms with Crippen molar-refractivity contribution < 1.29 is 9.66 Å². The van der Waals surface area contributed by atoms with Gasteiger partial charge in [0.25, 0.3) is 5.69 Å². The maximum Gasteiger partial charge on any atom is 0.273 e. The van der Waals surface area contributed by atoms with Crippen molar-refractivity contribution in [1.82, 2.24) is 0 Å². The maximum absolute atomic E-state index is 10.6. The van der Waals surface area contributed by atoms with Crippen LogP contribution in [0.5, 0.6) is 5.75 Å². The summed E-state index contributed by atoms with van der Waals surface area (Å²) in [6.45, 7) is 2.47. The molecule has 0 N–H and O–H groups in total. The van der Waals surface area contributed by atoms with Crippen LogP contribution in [0.3, 0.4) is 0 Å². The van der Waals surface area contributed by atoms with E-state index in [9.17, 15) is 10.1 Å². The monoisotopic (exact) mass is 255 g/mol.